The van der Waals surface area contributed by atoms with Gasteiger partial charge in [0, 0.05) is 43.2 Å². The minimum atomic E-state index is 0.427. The van der Waals surface area contributed by atoms with Crippen LogP contribution in [0.3, 0.4) is 0 Å². The van der Waals surface area contributed by atoms with E-state index in [0.29, 0.717) is 22.6 Å². The van der Waals surface area contributed by atoms with E-state index in [1.54, 1.807) is 13.2 Å². The number of ether oxygens (including phenoxy) is 1. The van der Waals surface area contributed by atoms with Crippen LogP contribution in [0.1, 0.15) is 23.7 Å². The molecule has 1 aromatic carbocycles. The molecular weight excluding hydrogens is 359 g/mol. The van der Waals surface area contributed by atoms with Gasteiger partial charge in [-0.2, -0.15) is 0 Å². The number of aryl methyl sites for hydroxylation is 1. The third kappa shape index (κ3) is 2.94. The molecule has 132 valence electrons. The van der Waals surface area contributed by atoms with E-state index < -0.39 is 0 Å². The monoisotopic (exact) mass is 378 g/mol. The largest absolute Gasteiger partial charge is 0.383 e. The lowest BCUT2D eigenvalue weighted by Gasteiger charge is -2.32. The van der Waals surface area contributed by atoms with Crippen LogP contribution < -0.4 is 9.80 Å². The number of hydrogen-bond acceptors (Lipinski definition) is 5. The molecule has 0 spiro atoms. The molecule has 2 aliphatic rings. The first-order valence-corrected chi connectivity index (χ1v) is 9.19. The van der Waals surface area contributed by atoms with E-state index >= 15 is 0 Å². The Balaban J connectivity index is 1.79. The molecule has 0 N–H and O–H groups in total. The molecule has 0 saturated carbocycles. The van der Waals surface area contributed by atoms with Gasteiger partial charge in [0.1, 0.15) is 17.5 Å². The van der Waals surface area contributed by atoms with Crippen LogP contribution >= 0.6 is 23.2 Å². The van der Waals surface area contributed by atoms with Gasteiger partial charge in [-0.05, 0) is 31.5 Å². The topological polar surface area (TPSA) is 41.5 Å². The average molecular weight is 379 g/mol. The second-order valence-electron chi connectivity index (χ2n) is 6.50. The van der Waals surface area contributed by atoms with Crippen molar-refractivity contribution < 1.29 is 4.74 Å². The molecule has 0 saturated heterocycles. The average Bonchev–Trinajstić information content (AvgIpc) is 2.93. The van der Waals surface area contributed by atoms with Crippen LogP contribution in [0.4, 0.5) is 17.3 Å². The number of benzene rings is 1. The number of aromatic nitrogens is 2. The molecule has 0 bridgehead atoms. The van der Waals surface area contributed by atoms with Crippen LogP contribution in [0, 0.1) is 6.92 Å². The molecule has 1 unspecified atom stereocenters. The first kappa shape index (κ1) is 16.9. The van der Waals surface area contributed by atoms with Gasteiger partial charge in [0.2, 0.25) is 0 Å². The highest BCUT2D eigenvalue weighted by molar-refractivity contribution is 6.36. The van der Waals surface area contributed by atoms with E-state index in [1.165, 1.54) is 5.56 Å². The maximum atomic E-state index is 6.46. The molecule has 4 rings (SSSR count). The van der Waals surface area contributed by atoms with Crippen LogP contribution in [0.5, 0.6) is 0 Å². The van der Waals surface area contributed by atoms with Crippen LogP contribution in [-0.2, 0) is 4.74 Å². The number of nitrogens with zero attached hydrogens (tertiary/aromatic N) is 4. The van der Waals surface area contributed by atoms with E-state index in [-0.39, 0.29) is 0 Å². The summed E-state index contributed by atoms with van der Waals surface area (Å²) in [7, 11) is 1.73. The molecule has 1 atom stereocenters. The second-order valence-corrected chi connectivity index (χ2v) is 7.35. The smallest absolute Gasteiger partial charge is 0.142 e. The van der Waals surface area contributed by atoms with Gasteiger partial charge >= 0.3 is 0 Å². The fraction of sp³-hybridized carbons (Fsp3) is 0.444. The number of anilines is 3. The Morgan fingerprint density at radius 3 is 2.80 bits per heavy atom. The zero-order valence-electron chi connectivity index (χ0n) is 14.3. The van der Waals surface area contributed by atoms with E-state index in [1.807, 2.05) is 19.1 Å². The van der Waals surface area contributed by atoms with Gasteiger partial charge in [0.25, 0.3) is 0 Å². The first-order chi connectivity index (χ1) is 12.1. The van der Waals surface area contributed by atoms with Crippen LogP contribution in [-0.4, -0.2) is 43.3 Å². The fourth-order valence-corrected chi connectivity index (χ4v) is 4.26. The summed E-state index contributed by atoms with van der Waals surface area (Å²) in [6, 6.07) is 5.62. The van der Waals surface area contributed by atoms with Crippen molar-refractivity contribution in [1.29, 1.82) is 0 Å². The van der Waals surface area contributed by atoms with Crippen LogP contribution in [0.25, 0.3) is 0 Å². The minimum absolute atomic E-state index is 0.427. The summed E-state index contributed by atoms with van der Waals surface area (Å²) in [5.41, 5.74) is 2.18. The zero-order chi connectivity index (χ0) is 17.6. The summed E-state index contributed by atoms with van der Waals surface area (Å²) in [5, 5.41) is 1.28. The van der Waals surface area contributed by atoms with Crippen molar-refractivity contribution in [3.63, 3.8) is 0 Å². The molecule has 0 amide bonds. The molecule has 0 radical (unpaired) electrons. The summed E-state index contributed by atoms with van der Waals surface area (Å²) in [6.45, 7) is 5.33. The van der Waals surface area contributed by atoms with E-state index in [0.717, 1.165) is 49.2 Å². The third-order valence-electron chi connectivity index (χ3n) is 4.90. The molecule has 1 aromatic heterocycles. The lowest BCUT2D eigenvalue weighted by molar-refractivity contribution is 0.204. The molecular formula is C18H20Cl2N4O. The highest BCUT2D eigenvalue weighted by atomic mass is 35.5. The lowest BCUT2D eigenvalue weighted by atomic mass is 9.95. The Labute approximate surface area is 157 Å². The SMILES string of the molecule is COCCN1CCC2CN(c3ccc(Cl)cc3Cl)c3nc(C)nc1c32. The van der Waals surface area contributed by atoms with Crippen LogP contribution in [0.15, 0.2) is 18.2 Å². The Bertz CT molecular complexity index is 814. The Hall–Kier alpha value is -1.56. The van der Waals surface area contributed by atoms with E-state index in [2.05, 4.69) is 9.80 Å². The van der Waals surface area contributed by atoms with E-state index in [4.69, 9.17) is 37.9 Å². The fourth-order valence-electron chi connectivity index (χ4n) is 3.75. The standard InChI is InChI=1S/C18H20Cl2N4O/c1-11-21-17-16-12(5-6-23(17)7-8-25-2)10-24(18(16)22-11)15-4-3-13(19)9-14(15)20/h3-4,9,12H,5-8,10H2,1-2H3. The van der Waals surface area contributed by atoms with Crippen molar-refractivity contribution in [2.24, 2.45) is 0 Å². The van der Waals surface area contributed by atoms with Crippen molar-refractivity contribution in [1.82, 2.24) is 9.97 Å². The van der Waals surface area contributed by atoms with Gasteiger partial charge in [0.15, 0.2) is 0 Å². The number of methoxy groups -OCH3 is 1. The van der Waals surface area contributed by atoms with Crippen molar-refractivity contribution in [2.75, 3.05) is 43.2 Å². The second kappa shape index (κ2) is 6.63. The maximum Gasteiger partial charge on any atom is 0.142 e. The minimum Gasteiger partial charge on any atom is -0.383 e. The van der Waals surface area contributed by atoms with Crippen LogP contribution in [0.2, 0.25) is 10.0 Å². The Morgan fingerprint density at radius 2 is 2.04 bits per heavy atom. The lowest BCUT2D eigenvalue weighted by Crippen LogP contribution is -2.34. The predicted octanol–water partition coefficient (Wildman–Crippen LogP) is 4.18. The summed E-state index contributed by atoms with van der Waals surface area (Å²) in [6.07, 6.45) is 1.08. The van der Waals surface area contributed by atoms with Gasteiger partial charge in [0.05, 0.1) is 17.3 Å². The van der Waals surface area contributed by atoms with Crippen molar-refractivity contribution in [3.05, 3.63) is 39.6 Å². The molecule has 2 aromatic rings. The number of halogens is 2. The van der Waals surface area contributed by atoms with E-state index in [9.17, 15) is 0 Å². The summed E-state index contributed by atoms with van der Waals surface area (Å²) in [5.74, 6) is 3.21. The van der Waals surface area contributed by atoms with Gasteiger partial charge < -0.3 is 14.5 Å². The molecule has 25 heavy (non-hydrogen) atoms. The van der Waals surface area contributed by atoms with Gasteiger partial charge in [-0.1, -0.05) is 23.2 Å². The molecule has 2 aliphatic heterocycles. The summed E-state index contributed by atoms with van der Waals surface area (Å²) < 4.78 is 5.25. The molecule has 0 aliphatic carbocycles. The van der Waals surface area contributed by atoms with Crippen molar-refractivity contribution >= 4 is 40.5 Å². The highest BCUT2D eigenvalue weighted by Gasteiger charge is 2.39. The third-order valence-corrected chi connectivity index (χ3v) is 5.43. The van der Waals surface area contributed by atoms with Crippen molar-refractivity contribution in [2.45, 2.75) is 19.3 Å². The number of rotatable bonds is 4. The maximum absolute atomic E-state index is 6.46. The predicted molar refractivity (Wildman–Crippen MR) is 102 cm³/mol. The molecule has 7 heteroatoms. The Morgan fingerprint density at radius 1 is 1.24 bits per heavy atom. The molecule has 3 heterocycles. The van der Waals surface area contributed by atoms with Gasteiger partial charge in [-0.15, -0.1) is 0 Å². The first-order valence-electron chi connectivity index (χ1n) is 8.43. The summed E-state index contributed by atoms with van der Waals surface area (Å²) >= 11 is 12.5. The zero-order valence-corrected chi connectivity index (χ0v) is 15.8. The summed E-state index contributed by atoms with van der Waals surface area (Å²) in [4.78, 5) is 14.0. The highest BCUT2D eigenvalue weighted by Crippen LogP contribution is 2.49. The molecule has 5 nitrogen and oxygen atoms in total. The molecule has 0 fully saturated rings. The van der Waals surface area contributed by atoms with Gasteiger partial charge in [-0.25, -0.2) is 9.97 Å². The quantitative estimate of drug-likeness (QED) is 0.797. The Kier molecular flexibility index (Phi) is 4.48. The van der Waals surface area contributed by atoms with Gasteiger partial charge in [-0.3, -0.25) is 0 Å². The van der Waals surface area contributed by atoms with Crippen molar-refractivity contribution in [3.8, 4) is 0 Å². The normalized spacial score (nSPS) is 18.6. The number of hydrogen-bond donors (Lipinski definition) is 0.